The molecule has 1 saturated heterocycles. The van der Waals surface area contributed by atoms with E-state index in [1.807, 2.05) is 42.7 Å². The van der Waals surface area contributed by atoms with Crippen molar-refractivity contribution in [1.29, 1.82) is 0 Å². The van der Waals surface area contributed by atoms with Crippen LogP contribution in [-0.4, -0.2) is 49.3 Å². The van der Waals surface area contributed by atoms with E-state index >= 15 is 0 Å². The number of rotatable bonds is 4. The Morgan fingerprint density at radius 3 is 2.55 bits per heavy atom. The van der Waals surface area contributed by atoms with Gasteiger partial charge >= 0.3 is 5.69 Å². The lowest BCUT2D eigenvalue weighted by Crippen LogP contribution is -2.45. The SMILES string of the molecule is C[C@@H]1CN(Cc2nc3c(c(=O)[nH]c(=O)n3C)n2Cc2ccccc2Cl)C[C@@H](C)O1. The lowest BCUT2D eigenvalue weighted by Gasteiger charge is -2.35. The molecule has 1 fully saturated rings. The highest BCUT2D eigenvalue weighted by Crippen LogP contribution is 2.21. The fourth-order valence-electron chi connectivity index (χ4n) is 3.98. The van der Waals surface area contributed by atoms with Gasteiger partial charge < -0.3 is 9.30 Å². The third-order valence-electron chi connectivity index (χ3n) is 5.23. The van der Waals surface area contributed by atoms with Gasteiger partial charge in [0.1, 0.15) is 5.82 Å². The monoisotopic (exact) mass is 417 g/mol. The average molecular weight is 418 g/mol. The van der Waals surface area contributed by atoms with Gasteiger partial charge in [0.15, 0.2) is 11.2 Å². The number of aromatic amines is 1. The van der Waals surface area contributed by atoms with Crippen molar-refractivity contribution in [3.63, 3.8) is 0 Å². The number of hydrogen-bond acceptors (Lipinski definition) is 5. The summed E-state index contributed by atoms with van der Waals surface area (Å²) in [5, 5.41) is 0.621. The molecular formula is C20H24ClN5O3. The van der Waals surface area contributed by atoms with Gasteiger partial charge in [-0.2, -0.15) is 0 Å². The molecule has 0 saturated carbocycles. The molecule has 1 aliphatic heterocycles. The first kappa shape index (κ1) is 19.9. The lowest BCUT2D eigenvalue weighted by atomic mass is 10.2. The summed E-state index contributed by atoms with van der Waals surface area (Å²) < 4.78 is 9.05. The molecule has 0 bridgehead atoms. The van der Waals surface area contributed by atoms with Gasteiger partial charge in [0.2, 0.25) is 0 Å². The summed E-state index contributed by atoms with van der Waals surface area (Å²) in [6, 6.07) is 7.52. The number of aromatic nitrogens is 4. The van der Waals surface area contributed by atoms with Gasteiger partial charge in [0, 0.05) is 25.2 Å². The number of halogens is 1. The molecule has 2 aromatic heterocycles. The number of benzene rings is 1. The van der Waals surface area contributed by atoms with Gasteiger partial charge in [-0.05, 0) is 25.5 Å². The maximum atomic E-state index is 12.7. The van der Waals surface area contributed by atoms with Crippen LogP contribution in [0.4, 0.5) is 0 Å². The molecule has 0 spiro atoms. The van der Waals surface area contributed by atoms with Gasteiger partial charge in [0.05, 0.1) is 25.3 Å². The van der Waals surface area contributed by atoms with E-state index < -0.39 is 11.2 Å². The van der Waals surface area contributed by atoms with E-state index in [1.165, 1.54) is 4.57 Å². The second-order valence-corrected chi connectivity index (χ2v) is 8.05. The van der Waals surface area contributed by atoms with Crippen LogP contribution in [0.25, 0.3) is 11.2 Å². The maximum Gasteiger partial charge on any atom is 0.329 e. The number of H-pyrrole nitrogens is 1. The topological polar surface area (TPSA) is 85.2 Å². The quantitative estimate of drug-likeness (QED) is 0.698. The van der Waals surface area contributed by atoms with Gasteiger partial charge in [-0.15, -0.1) is 0 Å². The maximum absolute atomic E-state index is 12.7. The van der Waals surface area contributed by atoms with E-state index in [1.54, 1.807) is 7.05 Å². The minimum absolute atomic E-state index is 0.118. The smallest absolute Gasteiger partial charge is 0.329 e. The Morgan fingerprint density at radius 2 is 1.86 bits per heavy atom. The second-order valence-electron chi connectivity index (χ2n) is 7.65. The normalized spacial score (nSPS) is 20.4. The molecule has 0 aliphatic carbocycles. The molecule has 1 N–H and O–H groups in total. The largest absolute Gasteiger partial charge is 0.373 e. The number of morpholine rings is 1. The minimum Gasteiger partial charge on any atom is -0.373 e. The number of ether oxygens (including phenoxy) is 1. The highest BCUT2D eigenvalue weighted by atomic mass is 35.5. The zero-order chi connectivity index (χ0) is 20.7. The molecule has 1 aromatic carbocycles. The van der Waals surface area contributed by atoms with Crippen LogP contribution in [0.15, 0.2) is 33.9 Å². The van der Waals surface area contributed by atoms with Crippen LogP contribution in [0.5, 0.6) is 0 Å². The van der Waals surface area contributed by atoms with E-state index in [2.05, 4.69) is 14.9 Å². The Kier molecular flexibility index (Phi) is 5.33. The number of nitrogens with zero attached hydrogens (tertiary/aromatic N) is 4. The van der Waals surface area contributed by atoms with Crippen molar-refractivity contribution in [2.45, 2.75) is 39.1 Å². The Hall–Kier alpha value is -2.42. The van der Waals surface area contributed by atoms with Crippen molar-refractivity contribution in [2.24, 2.45) is 7.05 Å². The fraction of sp³-hybridized carbons (Fsp3) is 0.450. The van der Waals surface area contributed by atoms with Crippen molar-refractivity contribution in [1.82, 2.24) is 24.0 Å². The standard InChI is InChI=1S/C20H24ClN5O3/c1-12-8-25(9-13(2)29-12)11-16-22-18-17(19(27)23-20(28)24(18)3)26(16)10-14-6-4-5-7-15(14)21/h4-7,12-13H,8-11H2,1-3H3,(H,23,27,28)/t12-,13-/m1/s1. The van der Waals surface area contributed by atoms with E-state index in [9.17, 15) is 9.59 Å². The minimum atomic E-state index is -0.481. The molecule has 2 atom stereocenters. The third-order valence-corrected chi connectivity index (χ3v) is 5.60. The van der Waals surface area contributed by atoms with Crippen LogP contribution in [0, 0.1) is 0 Å². The number of fused-ring (bicyclic) bond motifs is 1. The third kappa shape index (κ3) is 3.88. The van der Waals surface area contributed by atoms with Crippen molar-refractivity contribution < 1.29 is 4.74 Å². The van der Waals surface area contributed by atoms with Crippen molar-refractivity contribution in [2.75, 3.05) is 13.1 Å². The summed E-state index contributed by atoms with van der Waals surface area (Å²) in [7, 11) is 1.61. The molecule has 9 heteroatoms. The van der Waals surface area contributed by atoms with Crippen LogP contribution in [0.3, 0.4) is 0 Å². The van der Waals surface area contributed by atoms with Crippen LogP contribution >= 0.6 is 11.6 Å². The zero-order valence-corrected chi connectivity index (χ0v) is 17.4. The Bertz CT molecular complexity index is 1160. The summed E-state index contributed by atoms with van der Waals surface area (Å²) in [5.74, 6) is 0.716. The van der Waals surface area contributed by atoms with Crippen LogP contribution < -0.4 is 11.2 Å². The lowest BCUT2D eigenvalue weighted by molar-refractivity contribution is -0.0712. The summed E-state index contributed by atoms with van der Waals surface area (Å²) in [6.45, 7) is 6.57. The van der Waals surface area contributed by atoms with Crippen LogP contribution in [0.2, 0.25) is 5.02 Å². The molecule has 29 heavy (non-hydrogen) atoms. The summed E-state index contributed by atoms with van der Waals surface area (Å²) in [4.78, 5) is 34.1. The van der Waals surface area contributed by atoms with Crippen molar-refractivity contribution in [3.05, 3.63) is 61.5 Å². The molecule has 0 amide bonds. The first-order chi connectivity index (χ1) is 13.8. The Labute approximate surface area is 172 Å². The van der Waals surface area contributed by atoms with Gasteiger partial charge in [-0.25, -0.2) is 9.78 Å². The molecule has 8 nitrogen and oxygen atoms in total. The second kappa shape index (κ2) is 7.78. The predicted molar refractivity (Wildman–Crippen MR) is 111 cm³/mol. The highest BCUT2D eigenvalue weighted by Gasteiger charge is 2.25. The van der Waals surface area contributed by atoms with E-state index in [0.717, 1.165) is 18.7 Å². The molecule has 3 heterocycles. The molecule has 3 aromatic rings. The average Bonchev–Trinajstić information content (AvgIpc) is 2.99. The van der Waals surface area contributed by atoms with Gasteiger partial charge in [-0.1, -0.05) is 29.8 Å². The van der Waals surface area contributed by atoms with E-state index in [4.69, 9.17) is 16.3 Å². The molecule has 154 valence electrons. The van der Waals surface area contributed by atoms with E-state index in [-0.39, 0.29) is 12.2 Å². The first-order valence-electron chi connectivity index (χ1n) is 9.63. The van der Waals surface area contributed by atoms with Crippen LogP contribution in [-0.2, 0) is 24.9 Å². The molecule has 1 aliphatic rings. The zero-order valence-electron chi connectivity index (χ0n) is 16.7. The van der Waals surface area contributed by atoms with Crippen molar-refractivity contribution >= 4 is 22.8 Å². The molecule has 0 unspecified atom stereocenters. The van der Waals surface area contributed by atoms with Gasteiger partial charge in [-0.3, -0.25) is 19.2 Å². The summed E-state index contributed by atoms with van der Waals surface area (Å²) >= 11 is 6.37. The fourth-order valence-corrected chi connectivity index (χ4v) is 4.18. The summed E-state index contributed by atoms with van der Waals surface area (Å²) in [5.41, 5.74) is 0.695. The molecule has 4 rings (SSSR count). The number of aryl methyl sites for hydroxylation is 1. The molecular weight excluding hydrogens is 394 g/mol. The van der Waals surface area contributed by atoms with Crippen molar-refractivity contribution in [3.8, 4) is 0 Å². The highest BCUT2D eigenvalue weighted by molar-refractivity contribution is 6.31. The first-order valence-corrected chi connectivity index (χ1v) is 10.0. The van der Waals surface area contributed by atoms with Gasteiger partial charge in [0.25, 0.3) is 5.56 Å². The Morgan fingerprint density at radius 1 is 1.17 bits per heavy atom. The van der Waals surface area contributed by atoms with Crippen LogP contribution in [0.1, 0.15) is 25.2 Å². The number of imidazole rings is 1. The van der Waals surface area contributed by atoms with E-state index in [0.29, 0.717) is 35.1 Å². The Balaban J connectivity index is 1.83. The predicted octanol–water partition coefficient (Wildman–Crippen LogP) is 1.73. The summed E-state index contributed by atoms with van der Waals surface area (Å²) in [6.07, 6.45) is 0.237. The number of nitrogens with one attached hydrogen (secondary N) is 1. The molecule has 0 radical (unpaired) electrons. The number of hydrogen-bond donors (Lipinski definition) is 1.